The molecule has 2 rings (SSSR count). The lowest BCUT2D eigenvalue weighted by molar-refractivity contribution is 0.347. The van der Waals surface area contributed by atoms with Gasteiger partial charge in [-0.2, -0.15) is 0 Å². The Bertz CT molecular complexity index is 776. The van der Waals surface area contributed by atoms with Gasteiger partial charge in [-0.25, -0.2) is 0 Å². The topological polar surface area (TPSA) is 73.3 Å². The van der Waals surface area contributed by atoms with E-state index in [-0.39, 0.29) is 0 Å². The molecule has 28 heavy (non-hydrogen) atoms. The van der Waals surface area contributed by atoms with Gasteiger partial charge in [-0.15, -0.1) is 0 Å². The Morgan fingerprint density at radius 1 is 0.821 bits per heavy atom. The molecular formula is C21H29N3O4. The van der Waals surface area contributed by atoms with Gasteiger partial charge in [0.25, 0.3) is 0 Å². The molecule has 2 aromatic carbocycles. The highest BCUT2D eigenvalue weighted by molar-refractivity contribution is 5.79. The van der Waals surface area contributed by atoms with Crippen molar-refractivity contribution < 1.29 is 18.9 Å². The summed E-state index contributed by atoms with van der Waals surface area (Å²) in [4.78, 5) is 4.27. The first-order chi connectivity index (χ1) is 13.6. The molecule has 0 saturated carbocycles. The van der Waals surface area contributed by atoms with E-state index in [1.807, 2.05) is 24.3 Å². The number of rotatable bonds is 9. The van der Waals surface area contributed by atoms with E-state index in [0.29, 0.717) is 24.0 Å². The van der Waals surface area contributed by atoms with Crippen molar-refractivity contribution in [3.63, 3.8) is 0 Å². The molecule has 0 heterocycles. The molecule has 0 fully saturated rings. The highest BCUT2D eigenvalue weighted by atomic mass is 16.5. The summed E-state index contributed by atoms with van der Waals surface area (Å²) < 4.78 is 21.3. The summed E-state index contributed by atoms with van der Waals surface area (Å²) in [5.74, 6) is 3.58. The quantitative estimate of drug-likeness (QED) is 0.509. The van der Waals surface area contributed by atoms with Crippen LogP contribution in [0.15, 0.2) is 41.4 Å². The summed E-state index contributed by atoms with van der Waals surface area (Å²) in [6.07, 6.45) is 0.879. The average Bonchev–Trinajstić information content (AvgIpc) is 2.75. The van der Waals surface area contributed by atoms with Gasteiger partial charge >= 0.3 is 0 Å². The molecule has 0 spiro atoms. The monoisotopic (exact) mass is 387 g/mol. The van der Waals surface area contributed by atoms with Crippen LogP contribution in [-0.2, 0) is 13.0 Å². The first-order valence-corrected chi connectivity index (χ1v) is 9.01. The van der Waals surface area contributed by atoms with Crippen LogP contribution in [0.1, 0.15) is 11.1 Å². The third kappa shape index (κ3) is 5.70. The van der Waals surface area contributed by atoms with Crippen molar-refractivity contribution in [3.05, 3.63) is 47.5 Å². The fraction of sp³-hybridized carbons (Fsp3) is 0.381. The van der Waals surface area contributed by atoms with Crippen LogP contribution in [0.2, 0.25) is 0 Å². The van der Waals surface area contributed by atoms with Crippen LogP contribution in [0.25, 0.3) is 0 Å². The summed E-state index contributed by atoms with van der Waals surface area (Å²) in [5.41, 5.74) is 2.17. The summed E-state index contributed by atoms with van der Waals surface area (Å²) in [6.45, 7) is 1.29. The first kappa shape index (κ1) is 21.2. The maximum atomic E-state index is 5.47. The van der Waals surface area contributed by atoms with Gasteiger partial charge in [-0.05, 0) is 30.2 Å². The lowest BCUT2D eigenvalue weighted by Crippen LogP contribution is -2.37. The van der Waals surface area contributed by atoms with Gasteiger partial charge in [0.15, 0.2) is 17.5 Å². The molecule has 0 radical (unpaired) electrons. The van der Waals surface area contributed by atoms with E-state index in [2.05, 4.69) is 27.8 Å². The second-order valence-electron chi connectivity index (χ2n) is 5.97. The van der Waals surface area contributed by atoms with Crippen LogP contribution in [0, 0.1) is 0 Å². The minimum atomic E-state index is 0.533. The maximum Gasteiger partial charge on any atom is 0.191 e. The molecule has 0 atom stereocenters. The third-order valence-electron chi connectivity index (χ3n) is 4.32. The number of benzene rings is 2. The van der Waals surface area contributed by atoms with Gasteiger partial charge in [0.05, 0.1) is 28.4 Å². The minimum Gasteiger partial charge on any atom is -0.497 e. The van der Waals surface area contributed by atoms with Crippen LogP contribution in [0.5, 0.6) is 23.0 Å². The molecular weight excluding hydrogens is 358 g/mol. The second kappa shape index (κ2) is 10.9. The third-order valence-corrected chi connectivity index (χ3v) is 4.32. The lowest BCUT2D eigenvalue weighted by Gasteiger charge is -2.16. The average molecular weight is 387 g/mol. The highest BCUT2D eigenvalue weighted by Gasteiger charge is 2.12. The summed E-state index contributed by atoms with van der Waals surface area (Å²) in [7, 11) is 8.26. The summed E-state index contributed by atoms with van der Waals surface area (Å²) in [6, 6.07) is 11.8. The molecule has 7 heteroatoms. The molecule has 152 valence electrons. The van der Waals surface area contributed by atoms with Crippen LogP contribution in [0.4, 0.5) is 0 Å². The Labute approximate surface area is 166 Å². The van der Waals surface area contributed by atoms with Crippen LogP contribution >= 0.6 is 0 Å². The summed E-state index contributed by atoms with van der Waals surface area (Å²) in [5, 5.41) is 6.61. The van der Waals surface area contributed by atoms with E-state index in [9.17, 15) is 0 Å². The number of nitrogens with one attached hydrogen (secondary N) is 2. The molecule has 7 nitrogen and oxygen atoms in total. The maximum absolute atomic E-state index is 5.47. The van der Waals surface area contributed by atoms with Crippen molar-refractivity contribution in [2.75, 3.05) is 42.0 Å². The number of methoxy groups -OCH3 is 4. The van der Waals surface area contributed by atoms with Crippen molar-refractivity contribution >= 4 is 5.96 Å². The largest absolute Gasteiger partial charge is 0.497 e. The van der Waals surface area contributed by atoms with Gasteiger partial charge in [-0.3, -0.25) is 4.99 Å². The lowest BCUT2D eigenvalue weighted by atomic mass is 10.1. The molecule has 0 unspecified atom stereocenters. The van der Waals surface area contributed by atoms with E-state index >= 15 is 0 Å². The van der Waals surface area contributed by atoms with Crippen molar-refractivity contribution in [1.82, 2.24) is 10.6 Å². The van der Waals surface area contributed by atoms with Gasteiger partial charge in [0.1, 0.15) is 11.5 Å². The van der Waals surface area contributed by atoms with E-state index in [1.165, 1.54) is 5.56 Å². The van der Waals surface area contributed by atoms with Crippen LogP contribution in [0.3, 0.4) is 0 Å². The molecule has 0 amide bonds. The zero-order valence-electron chi connectivity index (χ0n) is 17.2. The Hall–Kier alpha value is -3.09. The predicted octanol–water partition coefficient (Wildman–Crippen LogP) is 2.63. The Morgan fingerprint density at radius 3 is 2.04 bits per heavy atom. The molecule has 0 aliphatic carbocycles. The number of aliphatic imine (C=N–C) groups is 1. The zero-order valence-corrected chi connectivity index (χ0v) is 17.2. The first-order valence-electron chi connectivity index (χ1n) is 9.01. The molecule has 2 aromatic rings. The van der Waals surface area contributed by atoms with Crippen molar-refractivity contribution in [3.8, 4) is 23.0 Å². The van der Waals surface area contributed by atoms with Gasteiger partial charge in [0.2, 0.25) is 0 Å². The Kier molecular flexibility index (Phi) is 8.27. The van der Waals surface area contributed by atoms with E-state index < -0.39 is 0 Å². The fourth-order valence-electron chi connectivity index (χ4n) is 2.75. The molecule has 0 aromatic heterocycles. The number of hydrogen-bond acceptors (Lipinski definition) is 5. The van der Waals surface area contributed by atoms with Crippen molar-refractivity contribution in [2.45, 2.75) is 13.0 Å². The number of guanidine groups is 1. The predicted molar refractivity (Wildman–Crippen MR) is 111 cm³/mol. The van der Waals surface area contributed by atoms with Gasteiger partial charge < -0.3 is 29.6 Å². The number of ether oxygens (including phenoxy) is 4. The normalized spacial score (nSPS) is 11.0. The SMILES string of the molecule is CN=C(NCCc1ccc(OC)cc1)NCc1cc(OC)c(OC)cc1OC. The second-order valence-corrected chi connectivity index (χ2v) is 5.97. The van der Waals surface area contributed by atoms with E-state index in [0.717, 1.165) is 30.0 Å². The highest BCUT2D eigenvalue weighted by Crippen LogP contribution is 2.34. The molecule has 2 N–H and O–H groups in total. The van der Waals surface area contributed by atoms with Crippen LogP contribution in [-0.4, -0.2) is 48.0 Å². The fourth-order valence-corrected chi connectivity index (χ4v) is 2.75. The van der Waals surface area contributed by atoms with Crippen molar-refractivity contribution in [1.29, 1.82) is 0 Å². The standard InChI is InChI=1S/C21H29N3O4/c1-22-21(23-11-10-15-6-8-17(25-2)9-7-15)24-14-16-12-19(27-4)20(28-5)13-18(16)26-3/h6-9,12-13H,10-11,14H2,1-5H3,(H2,22,23,24). The van der Waals surface area contributed by atoms with Gasteiger partial charge in [-0.1, -0.05) is 12.1 Å². The van der Waals surface area contributed by atoms with Crippen LogP contribution < -0.4 is 29.6 Å². The number of nitrogens with zero attached hydrogens (tertiary/aromatic N) is 1. The molecule has 0 aliphatic heterocycles. The smallest absolute Gasteiger partial charge is 0.191 e. The van der Waals surface area contributed by atoms with E-state index in [4.69, 9.17) is 18.9 Å². The van der Waals surface area contributed by atoms with E-state index in [1.54, 1.807) is 35.5 Å². The minimum absolute atomic E-state index is 0.533. The zero-order chi connectivity index (χ0) is 20.4. The molecule has 0 saturated heterocycles. The Balaban J connectivity index is 1.92. The number of hydrogen-bond donors (Lipinski definition) is 2. The van der Waals surface area contributed by atoms with Gasteiger partial charge in [0, 0.05) is 31.8 Å². The molecule has 0 bridgehead atoms. The Morgan fingerprint density at radius 2 is 1.46 bits per heavy atom. The van der Waals surface area contributed by atoms with Crippen molar-refractivity contribution in [2.24, 2.45) is 4.99 Å². The molecule has 0 aliphatic rings. The summed E-state index contributed by atoms with van der Waals surface area (Å²) >= 11 is 0.